The van der Waals surface area contributed by atoms with Crippen molar-refractivity contribution in [3.8, 4) is 11.1 Å². The van der Waals surface area contributed by atoms with Crippen molar-refractivity contribution in [1.29, 1.82) is 0 Å². The van der Waals surface area contributed by atoms with Crippen LogP contribution in [0.25, 0.3) is 11.1 Å². The van der Waals surface area contributed by atoms with Gasteiger partial charge >= 0.3 is 12.1 Å². The Bertz CT molecular complexity index is 1180. The molecule has 9 nitrogen and oxygen atoms in total. The van der Waals surface area contributed by atoms with Gasteiger partial charge in [-0.1, -0.05) is 53.7 Å². The van der Waals surface area contributed by atoms with Crippen LogP contribution in [-0.2, 0) is 16.1 Å². The van der Waals surface area contributed by atoms with Crippen LogP contribution in [0.2, 0.25) is 0 Å². The number of carboxylic acids is 1. The third-order valence-corrected chi connectivity index (χ3v) is 5.96. The van der Waals surface area contributed by atoms with Crippen LogP contribution in [0.4, 0.5) is 4.79 Å². The van der Waals surface area contributed by atoms with Gasteiger partial charge in [0.05, 0.1) is 6.54 Å². The zero-order chi connectivity index (χ0) is 24.2. The molecule has 0 bridgehead atoms. The average molecular weight is 463 g/mol. The summed E-state index contributed by atoms with van der Waals surface area (Å²) in [4.78, 5) is 37.3. The van der Waals surface area contributed by atoms with Crippen molar-refractivity contribution in [2.75, 3.05) is 13.2 Å². The highest BCUT2D eigenvalue weighted by Crippen LogP contribution is 2.44. The number of benzene rings is 2. The van der Waals surface area contributed by atoms with Crippen molar-refractivity contribution >= 4 is 18.0 Å². The van der Waals surface area contributed by atoms with Crippen molar-refractivity contribution in [3.63, 3.8) is 0 Å². The van der Waals surface area contributed by atoms with Gasteiger partial charge in [-0.15, -0.1) is 0 Å². The molecule has 1 aliphatic carbocycles. The lowest BCUT2D eigenvalue weighted by atomic mass is 9.98. The summed E-state index contributed by atoms with van der Waals surface area (Å²) in [7, 11) is 0. The molecule has 1 atom stereocenters. The predicted octanol–water partition coefficient (Wildman–Crippen LogP) is 3.65. The van der Waals surface area contributed by atoms with Crippen LogP contribution in [-0.4, -0.2) is 52.3 Å². The summed E-state index contributed by atoms with van der Waals surface area (Å²) >= 11 is 0. The molecular formula is C25H25N3O6. The van der Waals surface area contributed by atoms with Gasteiger partial charge in [0.25, 0.3) is 5.91 Å². The van der Waals surface area contributed by atoms with Crippen molar-refractivity contribution in [2.24, 2.45) is 0 Å². The minimum absolute atomic E-state index is 0.0284. The summed E-state index contributed by atoms with van der Waals surface area (Å²) in [6.45, 7) is 3.45. The number of carbonyl (C=O) groups is 3. The van der Waals surface area contributed by atoms with Crippen LogP contribution in [0, 0.1) is 0 Å². The zero-order valence-electron chi connectivity index (χ0n) is 18.9. The number of ether oxygens (including phenoxy) is 1. The van der Waals surface area contributed by atoms with Crippen LogP contribution in [0.3, 0.4) is 0 Å². The SMILES string of the molecule is CCN(C(=O)c1cc(CNC(=O)OCC2c3ccccc3-c3ccccc32)on1)C(C)C(=O)O. The second kappa shape index (κ2) is 9.78. The first-order chi connectivity index (χ1) is 16.4. The number of carboxylic acid groups (broad SMARTS) is 1. The number of aromatic nitrogens is 1. The summed E-state index contributed by atoms with van der Waals surface area (Å²) in [6, 6.07) is 16.5. The van der Waals surface area contributed by atoms with Crippen molar-refractivity contribution in [2.45, 2.75) is 32.4 Å². The minimum atomic E-state index is -1.11. The molecule has 0 radical (unpaired) electrons. The molecule has 0 saturated heterocycles. The van der Waals surface area contributed by atoms with Gasteiger partial charge in [-0.05, 0) is 36.1 Å². The van der Waals surface area contributed by atoms with Crippen LogP contribution >= 0.6 is 0 Å². The predicted molar refractivity (Wildman–Crippen MR) is 122 cm³/mol. The highest BCUT2D eigenvalue weighted by atomic mass is 16.5. The lowest BCUT2D eigenvalue weighted by Crippen LogP contribution is -2.43. The Morgan fingerprint density at radius 3 is 2.32 bits per heavy atom. The molecule has 1 aliphatic rings. The monoisotopic (exact) mass is 463 g/mol. The molecule has 34 heavy (non-hydrogen) atoms. The Hall–Kier alpha value is -4.14. The molecular weight excluding hydrogens is 438 g/mol. The van der Waals surface area contributed by atoms with Crippen molar-refractivity contribution in [1.82, 2.24) is 15.4 Å². The number of aliphatic carboxylic acids is 1. The number of hydrogen-bond donors (Lipinski definition) is 2. The smallest absolute Gasteiger partial charge is 0.407 e. The van der Waals surface area contributed by atoms with Gasteiger partial charge in [-0.2, -0.15) is 0 Å². The summed E-state index contributed by atoms with van der Waals surface area (Å²) in [5, 5.41) is 15.5. The topological polar surface area (TPSA) is 122 Å². The van der Waals surface area contributed by atoms with E-state index in [1.807, 2.05) is 36.4 Å². The summed E-state index contributed by atoms with van der Waals surface area (Å²) in [6.07, 6.45) is -0.624. The molecule has 0 spiro atoms. The number of rotatable bonds is 8. The fourth-order valence-electron chi connectivity index (χ4n) is 4.18. The Kier molecular flexibility index (Phi) is 6.62. The first-order valence-electron chi connectivity index (χ1n) is 11.0. The third kappa shape index (κ3) is 4.50. The fraction of sp³-hybridized carbons (Fsp3) is 0.280. The molecule has 0 saturated carbocycles. The van der Waals surface area contributed by atoms with E-state index in [1.54, 1.807) is 6.92 Å². The van der Waals surface area contributed by atoms with E-state index >= 15 is 0 Å². The fourth-order valence-corrected chi connectivity index (χ4v) is 4.18. The first kappa shape index (κ1) is 23.0. The molecule has 0 fully saturated rings. The Balaban J connectivity index is 1.34. The van der Waals surface area contributed by atoms with Gasteiger partial charge < -0.3 is 24.6 Å². The quantitative estimate of drug-likeness (QED) is 0.523. The Morgan fingerprint density at radius 1 is 1.12 bits per heavy atom. The number of likely N-dealkylation sites (N-methyl/N-ethyl adjacent to an activating group) is 1. The molecule has 2 aromatic carbocycles. The van der Waals surface area contributed by atoms with E-state index in [1.165, 1.54) is 17.9 Å². The Morgan fingerprint density at radius 2 is 1.74 bits per heavy atom. The lowest BCUT2D eigenvalue weighted by molar-refractivity contribution is -0.141. The molecule has 2 N–H and O–H groups in total. The van der Waals surface area contributed by atoms with E-state index in [0.717, 1.165) is 22.3 Å². The molecule has 0 aliphatic heterocycles. The maximum Gasteiger partial charge on any atom is 0.407 e. The Labute approximate surface area is 196 Å². The van der Waals surface area contributed by atoms with Gasteiger partial charge in [0.2, 0.25) is 0 Å². The zero-order valence-corrected chi connectivity index (χ0v) is 18.9. The number of hydrogen-bond acceptors (Lipinski definition) is 6. The second-order valence-electron chi connectivity index (χ2n) is 7.96. The van der Waals surface area contributed by atoms with Crippen LogP contribution < -0.4 is 5.32 Å². The maximum atomic E-state index is 12.6. The normalized spacial score (nSPS) is 13.0. The number of nitrogens with one attached hydrogen (secondary N) is 1. The van der Waals surface area contributed by atoms with Gasteiger partial charge in [-0.25, -0.2) is 9.59 Å². The van der Waals surface area contributed by atoms with E-state index in [4.69, 9.17) is 14.4 Å². The van der Waals surface area contributed by atoms with Crippen LogP contribution in [0.1, 0.15) is 47.1 Å². The van der Waals surface area contributed by atoms with Crippen LogP contribution in [0.15, 0.2) is 59.1 Å². The number of fused-ring (bicyclic) bond motifs is 3. The van der Waals surface area contributed by atoms with Gasteiger partial charge in [0, 0.05) is 18.5 Å². The van der Waals surface area contributed by atoms with Gasteiger partial charge in [0.15, 0.2) is 11.5 Å². The van der Waals surface area contributed by atoms with E-state index < -0.39 is 24.0 Å². The molecule has 176 valence electrons. The van der Waals surface area contributed by atoms with E-state index in [-0.39, 0.29) is 37.1 Å². The molecule has 4 rings (SSSR count). The summed E-state index contributed by atoms with van der Waals surface area (Å²) in [5.74, 6) is -1.48. The molecule has 9 heteroatoms. The average Bonchev–Trinajstić information content (AvgIpc) is 3.45. The van der Waals surface area contributed by atoms with Gasteiger partial charge in [-0.3, -0.25) is 4.79 Å². The van der Waals surface area contributed by atoms with E-state index in [9.17, 15) is 14.4 Å². The van der Waals surface area contributed by atoms with Crippen molar-refractivity contribution in [3.05, 3.63) is 77.2 Å². The molecule has 3 aromatic rings. The first-order valence-corrected chi connectivity index (χ1v) is 11.0. The lowest BCUT2D eigenvalue weighted by Gasteiger charge is -2.23. The number of nitrogens with zero attached hydrogens (tertiary/aromatic N) is 2. The minimum Gasteiger partial charge on any atom is -0.480 e. The second-order valence-corrected chi connectivity index (χ2v) is 7.96. The van der Waals surface area contributed by atoms with E-state index in [2.05, 4.69) is 22.6 Å². The largest absolute Gasteiger partial charge is 0.480 e. The van der Waals surface area contributed by atoms with Crippen molar-refractivity contribution < 1.29 is 28.8 Å². The summed E-state index contributed by atoms with van der Waals surface area (Å²) < 4.78 is 10.6. The van der Waals surface area contributed by atoms with Crippen LogP contribution in [0.5, 0.6) is 0 Å². The highest BCUT2D eigenvalue weighted by Gasteiger charge is 2.29. The summed E-state index contributed by atoms with van der Waals surface area (Å²) in [5.41, 5.74) is 4.49. The molecule has 1 aromatic heterocycles. The molecule has 1 heterocycles. The number of carbonyl (C=O) groups excluding carboxylic acids is 2. The van der Waals surface area contributed by atoms with Gasteiger partial charge in [0.1, 0.15) is 12.6 Å². The third-order valence-electron chi connectivity index (χ3n) is 5.96. The molecule has 1 unspecified atom stereocenters. The van der Waals surface area contributed by atoms with E-state index in [0.29, 0.717) is 0 Å². The highest BCUT2D eigenvalue weighted by molar-refractivity contribution is 5.94. The molecule has 2 amide bonds. The number of alkyl carbamates (subject to hydrolysis) is 1. The maximum absolute atomic E-state index is 12.6. The number of amides is 2. The standard InChI is InChI=1S/C25H25N3O6/c1-3-28(15(2)24(30)31)23(29)22-12-16(34-27-22)13-26-25(32)33-14-21-19-10-6-4-8-17(19)18-9-5-7-11-20(18)21/h4-12,15,21H,3,13-14H2,1-2H3,(H,26,32)(H,30,31).